The largest absolute Gasteiger partial charge is 0.467 e. The number of ether oxygens (including phenoxy) is 2. The third kappa shape index (κ3) is 3.13. The number of anilines is 1. The van der Waals surface area contributed by atoms with Gasteiger partial charge in [0.15, 0.2) is 6.04 Å². The number of carbonyl (C=O) groups is 2. The first-order valence-electron chi connectivity index (χ1n) is 7.30. The maximum atomic E-state index is 12.6. The third-order valence-electron chi connectivity index (χ3n) is 3.76. The van der Waals surface area contributed by atoms with Crippen molar-refractivity contribution >= 4 is 29.5 Å². The predicted octanol–water partition coefficient (Wildman–Crippen LogP) is 1.86. The Morgan fingerprint density at radius 2 is 2.00 bits per heavy atom. The van der Waals surface area contributed by atoms with Gasteiger partial charge in [0, 0.05) is 0 Å². The van der Waals surface area contributed by atoms with Crippen molar-refractivity contribution < 1.29 is 24.2 Å². The number of aliphatic hydroxyl groups excluding tert-OH is 1. The van der Waals surface area contributed by atoms with Gasteiger partial charge in [-0.1, -0.05) is 41.9 Å². The molecule has 25 heavy (non-hydrogen) atoms. The smallest absolute Gasteiger partial charge is 0.416 e. The molecule has 0 aliphatic carbocycles. The Morgan fingerprint density at radius 3 is 2.68 bits per heavy atom. The predicted molar refractivity (Wildman–Crippen MR) is 86.9 cm³/mol. The van der Waals surface area contributed by atoms with Crippen molar-refractivity contribution in [2.75, 3.05) is 12.0 Å². The van der Waals surface area contributed by atoms with E-state index in [0.29, 0.717) is 0 Å². The van der Waals surface area contributed by atoms with Gasteiger partial charge < -0.3 is 14.6 Å². The van der Waals surface area contributed by atoms with Gasteiger partial charge in [0.2, 0.25) is 0 Å². The number of rotatable bonds is 3. The Balaban J connectivity index is 1.90. The van der Waals surface area contributed by atoms with Gasteiger partial charge in [0.25, 0.3) is 0 Å². The highest BCUT2D eigenvalue weighted by atomic mass is 35.5. The first-order chi connectivity index (χ1) is 12.0. The summed E-state index contributed by atoms with van der Waals surface area (Å²) in [5.74, 6) is -0.806. The molecule has 1 aromatic heterocycles. The number of hydrogen-bond acceptors (Lipinski definition) is 7. The van der Waals surface area contributed by atoms with E-state index in [0.717, 1.165) is 23.9 Å². The molecule has 1 aromatic carbocycles. The van der Waals surface area contributed by atoms with Crippen molar-refractivity contribution in [3.05, 3.63) is 52.9 Å². The Hall–Kier alpha value is -2.71. The van der Waals surface area contributed by atoms with E-state index in [2.05, 4.69) is 14.7 Å². The summed E-state index contributed by atoms with van der Waals surface area (Å²) in [6, 6.07) is 7.68. The summed E-state index contributed by atoms with van der Waals surface area (Å²) in [6.07, 6.45) is -1.14. The Kier molecular flexibility index (Phi) is 4.82. The van der Waals surface area contributed by atoms with E-state index in [1.165, 1.54) is 0 Å². The quantitative estimate of drug-likeness (QED) is 0.656. The second-order valence-electron chi connectivity index (χ2n) is 5.22. The second kappa shape index (κ2) is 7.04. The normalized spacial score (nSPS) is 18.6. The molecule has 2 aromatic rings. The van der Waals surface area contributed by atoms with Gasteiger partial charge in [0.05, 0.1) is 12.7 Å². The second-order valence-corrected chi connectivity index (χ2v) is 5.58. The Morgan fingerprint density at radius 1 is 1.28 bits per heavy atom. The molecule has 0 spiro atoms. The number of hydrogen-bond donors (Lipinski definition) is 1. The van der Waals surface area contributed by atoms with Crippen molar-refractivity contribution in [1.29, 1.82) is 0 Å². The van der Waals surface area contributed by atoms with Crippen LogP contribution in [0.3, 0.4) is 0 Å². The molecule has 130 valence electrons. The van der Waals surface area contributed by atoms with Crippen molar-refractivity contribution in [2.24, 2.45) is 0 Å². The number of nitrogens with zero attached hydrogens (tertiary/aromatic N) is 3. The minimum absolute atomic E-state index is 0.00564. The van der Waals surface area contributed by atoms with E-state index in [4.69, 9.17) is 16.3 Å². The summed E-state index contributed by atoms with van der Waals surface area (Å²) in [5.41, 5.74) is 0.849. The minimum Gasteiger partial charge on any atom is -0.467 e. The number of aromatic nitrogens is 2. The number of carbonyl (C=O) groups excluding carboxylic acids is 2. The molecule has 1 aliphatic rings. The van der Waals surface area contributed by atoms with Gasteiger partial charge in [-0.3, -0.25) is 0 Å². The molecule has 1 aliphatic heterocycles. The summed E-state index contributed by atoms with van der Waals surface area (Å²) in [5, 5.41) is 10.4. The molecule has 2 unspecified atom stereocenters. The zero-order chi connectivity index (χ0) is 18.0. The average Bonchev–Trinajstić information content (AvgIpc) is 2.94. The van der Waals surface area contributed by atoms with Crippen LogP contribution in [0.25, 0.3) is 0 Å². The van der Waals surface area contributed by atoms with Crippen LogP contribution >= 0.6 is 11.6 Å². The maximum Gasteiger partial charge on any atom is 0.416 e. The number of benzene rings is 1. The number of halogens is 1. The lowest BCUT2D eigenvalue weighted by molar-refractivity contribution is -0.144. The molecule has 0 saturated carbocycles. The SMILES string of the molecule is COC(=O)C1C(O)c2c(Cl)ncnc2N1C(=O)OCc1ccccc1. The zero-order valence-electron chi connectivity index (χ0n) is 13.1. The lowest BCUT2D eigenvalue weighted by Crippen LogP contribution is -2.45. The van der Waals surface area contributed by atoms with Crippen molar-refractivity contribution in [2.45, 2.75) is 18.8 Å². The molecular weight excluding hydrogens is 350 g/mol. The van der Waals surface area contributed by atoms with E-state index in [1.54, 1.807) is 12.1 Å². The van der Waals surface area contributed by atoms with Crippen LogP contribution in [0.5, 0.6) is 0 Å². The fourth-order valence-electron chi connectivity index (χ4n) is 2.59. The summed E-state index contributed by atoms with van der Waals surface area (Å²) in [6.45, 7) is -0.00564. The van der Waals surface area contributed by atoms with Crippen LogP contribution in [-0.2, 0) is 20.9 Å². The van der Waals surface area contributed by atoms with Gasteiger partial charge in [-0.15, -0.1) is 0 Å². The third-order valence-corrected chi connectivity index (χ3v) is 4.06. The highest BCUT2D eigenvalue weighted by Crippen LogP contribution is 2.41. The molecular formula is C16H14ClN3O5. The van der Waals surface area contributed by atoms with Crippen LogP contribution in [0.4, 0.5) is 10.6 Å². The van der Waals surface area contributed by atoms with E-state index in [-0.39, 0.29) is 23.1 Å². The van der Waals surface area contributed by atoms with E-state index >= 15 is 0 Å². The average molecular weight is 364 g/mol. The van der Waals surface area contributed by atoms with E-state index in [9.17, 15) is 14.7 Å². The lowest BCUT2D eigenvalue weighted by Gasteiger charge is -2.23. The molecule has 1 amide bonds. The number of amides is 1. The molecule has 2 atom stereocenters. The van der Waals surface area contributed by atoms with Crippen LogP contribution in [0.15, 0.2) is 36.7 Å². The Labute approximate surface area is 148 Å². The van der Waals surface area contributed by atoms with Gasteiger partial charge in [-0.05, 0) is 5.56 Å². The molecule has 0 fully saturated rings. The highest BCUT2D eigenvalue weighted by molar-refractivity contribution is 6.30. The summed E-state index contributed by atoms with van der Waals surface area (Å²) < 4.78 is 9.93. The van der Waals surface area contributed by atoms with Gasteiger partial charge in [0.1, 0.15) is 30.0 Å². The molecule has 0 radical (unpaired) electrons. The first kappa shape index (κ1) is 17.1. The fraction of sp³-hybridized carbons (Fsp3) is 0.250. The monoisotopic (exact) mass is 363 g/mol. The van der Waals surface area contributed by atoms with Gasteiger partial charge in [-0.25, -0.2) is 24.5 Å². The number of esters is 1. The van der Waals surface area contributed by atoms with Crippen molar-refractivity contribution in [1.82, 2.24) is 9.97 Å². The number of aliphatic hydroxyl groups is 1. The molecule has 0 saturated heterocycles. The maximum absolute atomic E-state index is 12.6. The topological polar surface area (TPSA) is 102 Å². The minimum atomic E-state index is -1.42. The van der Waals surface area contributed by atoms with Crippen LogP contribution in [0.1, 0.15) is 17.2 Å². The first-order valence-corrected chi connectivity index (χ1v) is 7.68. The lowest BCUT2D eigenvalue weighted by atomic mass is 10.1. The fourth-order valence-corrected chi connectivity index (χ4v) is 2.83. The highest BCUT2D eigenvalue weighted by Gasteiger charge is 2.49. The molecule has 8 nitrogen and oxygen atoms in total. The van der Waals surface area contributed by atoms with Crippen LogP contribution < -0.4 is 4.90 Å². The van der Waals surface area contributed by atoms with Crippen molar-refractivity contribution in [3.8, 4) is 0 Å². The molecule has 3 rings (SSSR count). The molecule has 2 heterocycles. The van der Waals surface area contributed by atoms with Crippen LogP contribution in [0, 0.1) is 0 Å². The van der Waals surface area contributed by atoms with Crippen molar-refractivity contribution in [3.63, 3.8) is 0 Å². The zero-order valence-corrected chi connectivity index (χ0v) is 13.9. The summed E-state index contributed by atoms with van der Waals surface area (Å²) >= 11 is 5.98. The molecule has 1 N–H and O–H groups in total. The summed E-state index contributed by atoms with van der Waals surface area (Å²) in [7, 11) is 1.15. The van der Waals surface area contributed by atoms with Gasteiger partial charge >= 0.3 is 12.1 Å². The summed E-state index contributed by atoms with van der Waals surface area (Å²) in [4.78, 5) is 33.3. The molecule has 0 bridgehead atoms. The van der Waals surface area contributed by atoms with Gasteiger partial charge in [-0.2, -0.15) is 0 Å². The van der Waals surface area contributed by atoms with Crippen LogP contribution in [-0.4, -0.2) is 40.3 Å². The standard InChI is InChI=1S/C16H14ClN3O5/c1-24-15(22)11-12(21)10-13(17)18-8-19-14(10)20(11)16(23)25-7-9-5-3-2-4-6-9/h2-6,8,11-12,21H,7H2,1H3. The van der Waals surface area contributed by atoms with E-state index in [1.807, 2.05) is 18.2 Å². The van der Waals surface area contributed by atoms with Crippen LogP contribution in [0.2, 0.25) is 5.15 Å². The number of fused-ring (bicyclic) bond motifs is 1. The number of methoxy groups -OCH3 is 1. The molecule has 9 heteroatoms. The van der Waals surface area contributed by atoms with E-state index < -0.39 is 24.2 Å². The Bertz CT molecular complexity index is 802.